The standard InChI is InChI=1S/C17H27NO2/c1-6-14(4)12-20-17-8-7-16(19-5)9-15(17)11-18-10-13(2)3/h7-9,13,18H,4,6,10-12H2,1-3,5H3. The molecule has 20 heavy (non-hydrogen) atoms. The Morgan fingerprint density at radius 3 is 2.70 bits per heavy atom. The van der Waals surface area contributed by atoms with Crippen LogP contribution < -0.4 is 14.8 Å². The molecular formula is C17H27NO2. The Balaban J connectivity index is 2.72. The van der Waals surface area contributed by atoms with Gasteiger partial charge in [0.05, 0.1) is 7.11 Å². The van der Waals surface area contributed by atoms with Crippen molar-refractivity contribution < 1.29 is 9.47 Å². The zero-order valence-electron chi connectivity index (χ0n) is 13.2. The number of nitrogens with one attached hydrogen (secondary N) is 1. The SMILES string of the molecule is C=C(CC)COc1ccc(OC)cc1CNCC(C)C. The van der Waals surface area contributed by atoms with Gasteiger partial charge in [0.1, 0.15) is 18.1 Å². The smallest absolute Gasteiger partial charge is 0.124 e. The minimum atomic E-state index is 0.569. The third kappa shape index (κ3) is 5.66. The van der Waals surface area contributed by atoms with E-state index in [2.05, 4.69) is 32.7 Å². The van der Waals surface area contributed by atoms with Gasteiger partial charge in [-0.15, -0.1) is 0 Å². The number of hydrogen-bond donors (Lipinski definition) is 1. The van der Waals surface area contributed by atoms with E-state index in [4.69, 9.17) is 9.47 Å². The molecule has 0 saturated carbocycles. The summed E-state index contributed by atoms with van der Waals surface area (Å²) in [6, 6.07) is 5.92. The van der Waals surface area contributed by atoms with E-state index in [1.807, 2.05) is 18.2 Å². The minimum absolute atomic E-state index is 0.569. The summed E-state index contributed by atoms with van der Waals surface area (Å²) in [5, 5.41) is 3.44. The maximum atomic E-state index is 5.85. The molecule has 0 aliphatic heterocycles. The van der Waals surface area contributed by atoms with Crippen molar-refractivity contribution in [2.24, 2.45) is 5.92 Å². The Labute approximate surface area is 123 Å². The molecule has 1 N–H and O–H groups in total. The third-order valence-corrected chi connectivity index (χ3v) is 3.07. The van der Waals surface area contributed by atoms with Crippen LogP contribution in [-0.2, 0) is 6.54 Å². The van der Waals surface area contributed by atoms with E-state index < -0.39 is 0 Å². The minimum Gasteiger partial charge on any atom is -0.497 e. The largest absolute Gasteiger partial charge is 0.497 e. The first-order chi connectivity index (χ1) is 9.56. The summed E-state index contributed by atoms with van der Waals surface area (Å²) < 4.78 is 11.1. The van der Waals surface area contributed by atoms with Gasteiger partial charge in [-0.1, -0.05) is 27.4 Å². The molecule has 0 saturated heterocycles. The molecule has 0 radical (unpaired) electrons. The van der Waals surface area contributed by atoms with Crippen molar-refractivity contribution in [3.63, 3.8) is 0 Å². The summed E-state index contributed by atoms with van der Waals surface area (Å²) >= 11 is 0. The topological polar surface area (TPSA) is 30.5 Å². The highest BCUT2D eigenvalue weighted by Crippen LogP contribution is 2.24. The van der Waals surface area contributed by atoms with E-state index in [9.17, 15) is 0 Å². The summed E-state index contributed by atoms with van der Waals surface area (Å²) in [7, 11) is 1.68. The molecule has 0 unspecified atom stereocenters. The highest BCUT2D eigenvalue weighted by Gasteiger charge is 2.07. The lowest BCUT2D eigenvalue weighted by molar-refractivity contribution is 0.342. The lowest BCUT2D eigenvalue weighted by Gasteiger charge is -2.15. The molecule has 3 nitrogen and oxygen atoms in total. The molecule has 0 aromatic heterocycles. The molecular weight excluding hydrogens is 250 g/mol. The van der Waals surface area contributed by atoms with Gasteiger partial charge in [0.15, 0.2) is 0 Å². The maximum Gasteiger partial charge on any atom is 0.124 e. The lowest BCUT2D eigenvalue weighted by atomic mass is 10.1. The van der Waals surface area contributed by atoms with Crippen LogP contribution in [0, 0.1) is 5.92 Å². The first-order valence-electron chi connectivity index (χ1n) is 7.23. The summed E-state index contributed by atoms with van der Waals surface area (Å²) in [5.41, 5.74) is 2.22. The number of methoxy groups -OCH3 is 1. The van der Waals surface area contributed by atoms with Gasteiger partial charge in [-0.25, -0.2) is 0 Å². The van der Waals surface area contributed by atoms with Crippen LogP contribution in [0.2, 0.25) is 0 Å². The molecule has 0 atom stereocenters. The van der Waals surface area contributed by atoms with Crippen LogP contribution in [0.4, 0.5) is 0 Å². The maximum absolute atomic E-state index is 5.85. The van der Waals surface area contributed by atoms with Crippen molar-refractivity contribution in [2.45, 2.75) is 33.7 Å². The second kappa shape index (κ2) is 8.64. The third-order valence-electron chi connectivity index (χ3n) is 3.07. The van der Waals surface area contributed by atoms with Crippen molar-refractivity contribution in [3.8, 4) is 11.5 Å². The molecule has 112 valence electrons. The predicted molar refractivity (Wildman–Crippen MR) is 84.5 cm³/mol. The number of benzene rings is 1. The quantitative estimate of drug-likeness (QED) is 0.697. The molecule has 0 fully saturated rings. The second-order valence-corrected chi connectivity index (χ2v) is 5.39. The van der Waals surface area contributed by atoms with Crippen molar-refractivity contribution >= 4 is 0 Å². The normalized spacial score (nSPS) is 10.7. The van der Waals surface area contributed by atoms with E-state index >= 15 is 0 Å². The van der Waals surface area contributed by atoms with Gasteiger partial charge in [-0.2, -0.15) is 0 Å². The summed E-state index contributed by atoms with van der Waals surface area (Å²) in [4.78, 5) is 0. The van der Waals surface area contributed by atoms with Gasteiger partial charge >= 0.3 is 0 Å². The summed E-state index contributed by atoms with van der Waals surface area (Å²) in [6.45, 7) is 12.8. The highest BCUT2D eigenvalue weighted by molar-refractivity contribution is 5.40. The fourth-order valence-electron chi connectivity index (χ4n) is 1.74. The molecule has 0 spiro atoms. The van der Waals surface area contributed by atoms with E-state index in [0.717, 1.165) is 42.1 Å². The average molecular weight is 277 g/mol. The molecule has 0 aliphatic rings. The van der Waals surface area contributed by atoms with Gasteiger partial charge in [-0.05, 0) is 42.7 Å². The van der Waals surface area contributed by atoms with Crippen LogP contribution >= 0.6 is 0 Å². The van der Waals surface area contributed by atoms with Crippen LogP contribution in [0.3, 0.4) is 0 Å². The molecule has 1 aromatic carbocycles. The Bertz CT molecular complexity index is 427. The van der Waals surface area contributed by atoms with Crippen molar-refractivity contribution in [1.82, 2.24) is 5.32 Å². The van der Waals surface area contributed by atoms with Crippen LogP contribution in [0.25, 0.3) is 0 Å². The van der Waals surface area contributed by atoms with Crippen molar-refractivity contribution in [3.05, 3.63) is 35.9 Å². The van der Waals surface area contributed by atoms with Gasteiger partial charge in [0.2, 0.25) is 0 Å². The van der Waals surface area contributed by atoms with E-state index in [-0.39, 0.29) is 0 Å². The summed E-state index contributed by atoms with van der Waals surface area (Å²) in [5.74, 6) is 2.38. The molecule has 3 heteroatoms. The number of ether oxygens (including phenoxy) is 2. The molecule has 1 aromatic rings. The number of rotatable bonds is 9. The fraction of sp³-hybridized carbons (Fsp3) is 0.529. The van der Waals surface area contributed by atoms with E-state index in [0.29, 0.717) is 12.5 Å². The zero-order chi connectivity index (χ0) is 15.0. The summed E-state index contributed by atoms with van der Waals surface area (Å²) in [6.07, 6.45) is 0.942. The Morgan fingerprint density at radius 1 is 1.35 bits per heavy atom. The first kappa shape index (κ1) is 16.6. The van der Waals surface area contributed by atoms with E-state index in [1.54, 1.807) is 7.11 Å². The second-order valence-electron chi connectivity index (χ2n) is 5.39. The first-order valence-corrected chi connectivity index (χ1v) is 7.23. The average Bonchev–Trinajstić information content (AvgIpc) is 2.44. The van der Waals surface area contributed by atoms with E-state index in [1.165, 1.54) is 0 Å². The Morgan fingerprint density at radius 2 is 2.10 bits per heavy atom. The monoisotopic (exact) mass is 277 g/mol. The van der Waals surface area contributed by atoms with Crippen LogP contribution in [0.1, 0.15) is 32.8 Å². The van der Waals surface area contributed by atoms with Gasteiger partial charge in [0.25, 0.3) is 0 Å². The fourth-order valence-corrected chi connectivity index (χ4v) is 1.74. The van der Waals surface area contributed by atoms with Crippen molar-refractivity contribution in [2.75, 3.05) is 20.3 Å². The molecule has 1 rings (SSSR count). The van der Waals surface area contributed by atoms with Crippen molar-refractivity contribution in [1.29, 1.82) is 0 Å². The Hall–Kier alpha value is -1.48. The van der Waals surface area contributed by atoms with Gasteiger partial charge in [-0.3, -0.25) is 0 Å². The van der Waals surface area contributed by atoms with Gasteiger partial charge in [0, 0.05) is 12.1 Å². The molecule has 0 bridgehead atoms. The van der Waals surface area contributed by atoms with Gasteiger partial charge < -0.3 is 14.8 Å². The Kier molecular flexibility index (Phi) is 7.16. The van der Waals surface area contributed by atoms with Crippen LogP contribution in [-0.4, -0.2) is 20.3 Å². The molecule has 0 heterocycles. The molecule has 0 aliphatic carbocycles. The highest BCUT2D eigenvalue weighted by atomic mass is 16.5. The predicted octanol–water partition coefficient (Wildman–Crippen LogP) is 3.79. The number of hydrogen-bond acceptors (Lipinski definition) is 3. The zero-order valence-corrected chi connectivity index (χ0v) is 13.2. The molecule has 0 amide bonds. The van der Waals surface area contributed by atoms with Crippen LogP contribution in [0.5, 0.6) is 11.5 Å². The van der Waals surface area contributed by atoms with Crippen LogP contribution in [0.15, 0.2) is 30.4 Å². The lowest BCUT2D eigenvalue weighted by Crippen LogP contribution is -2.19.